The summed E-state index contributed by atoms with van der Waals surface area (Å²) in [6, 6.07) is -0.296. The first-order valence-electron chi connectivity index (χ1n) is 4.80. The van der Waals surface area contributed by atoms with E-state index >= 15 is 0 Å². The molecule has 0 amide bonds. The first-order valence-corrected chi connectivity index (χ1v) is 4.80. The van der Waals surface area contributed by atoms with Crippen LogP contribution in [-0.4, -0.2) is 34.1 Å². The molecule has 0 saturated heterocycles. The molecule has 0 aromatic carbocycles. The van der Waals surface area contributed by atoms with E-state index in [1.54, 1.807) is 20.0 Å². The maximum atomic E-state index is 12.0. The second kappa shape index (κ2) is 4.84. The van der Waals surface area contributed by atoms with Crippen molar-refractivity contribution in [3.8, 4) is 0 Å². The molecule has 0 fully saturated rings. The quantitative estimate of drug-likeness (QED) is 0.739. The van der Waals surface area contributed by atoms with Crippen LogP contribution in [0.4, 0.5) is 13.2 Å². The highest BCUT2D eigenvalue weighted by atomic mass is 19.4. The highest BCUT2D eigenvalue weighted by Crippen LogP contribution is 2.20. The van der Waals surface area contributed by atoms with E-state index in [4.69, 9.17) is 5.11 Å². The minimum atomic E-state index is -4.59. The molecule has 0 spiro atoms. The van der Waals surface area contributed by atoms with Crippen molar-refractivity contribution in [2.24, 2.45) is 0 Å². The molecule has 2 unspecified atom stereocenters. The molecule has 0 aliphatic heterocycles. The second-order valence-corrected chi connectivity index (χ2v) is 3.64. The summed E-state index contributed by atoms with van der Waals surface area (Å²) in [5.74, 6) is 0. The molecular formula is C9H14F3N3O. The van der Waals surface area contributed by atoms with Crippen LogP contribution in [0, 0.1) is 6.92 Å². The molecule has 0 saturated carbocycles. The first kappa shape index (κ1) is 13.0. The van der Waals surface area contributed by atoms with Gasteiger partial charge >= 0.3 is 6.18 Å². The number of aromatic nitrogens is 2. The average Bonchev–Trinajstić information content (AvgIpc) is 2.58. The lowest BCUT2D eigenvalue weighted by Gasteiger charge is -2.18. The minimum absolute atomic E-state index is 0.296. The normalized spacial score (nSPS) is 16.1. The molecule has 16 heavy (non-hydrogen) atoms. The van der Waals surface area contributed by atoms with Crippen LogP contribution >= 0.6 is 0 Å². The Morgan fingerprint density at radius 3 is 2.62 bits per heavy atom. The van der Waals surface area contributed by atoms with Gasteiger partial charge in [-0.15, -0.1) is 0 Å². The van der Waals surface area contributed by atoms with Gasteiger partial charge in [0.1, 0.15) is 0 Å². The van der Waals surface area contributed by atoms with Crippen LogP contribution in [0.15, 0.2) is 6.20 Å². The Morgan fingerprint density at radius 1 is 1.56 bits per heavy atom. The molecule has 1 rings (SSSR count). The number of nitrogens with zero attached hydrogens (tertiary/aromatic N) is 1. The molecule has 0 aliphatic carbocycles. The Hall–Kier alpha value is -1.08. The van der Waals surface area contributed by atoms with Crippen LogP contribution in [0.25, 0.3) is 0 Å². The number of hydrogen-bond donors (Lipinski definition) is 3. The summed E-state index contributed by atoms with van der Waals surface area (Å²) < 4.78 is 36.0. The molecule has 0 aliphatic rings. The molecule has 3 N–H and O–H groups in total. The van der Waals surface area contributed by atoms with Crippen molar-refractivity contribution >= 4 is 0 Å². The summed E-state index contributed by atoms with van der Waals surface area (Å²) in [5.41, 5.74) is 1.58. The van der Waals surface area contributed by atoms with Crippen LogP contribution in [-0.2, 0) is 0 Å². The van der Waals surface area contributed by atoms with Gasteiger partial charge in [0.25, 0.3) is 0 Å². The third-order valence-corrected chi connectivity index (χ3v) is 2.33. The van der Waals surface area contributed by atoms with Crippen molar-refractivity contribution < 1.29 is 18.3 Å². The largest absolute Gasteiger partial charge is 0.415 e. The van der Waals surface area contributed by atoms with Crippen molar-refractivity contribution in [2.45, 2.75) is 32.2 Å². The zero-order chi connectivity index (χ0) is 12.3. The number of halogens is 3. The average molecular weight is 237 g/mol. The number of aryl methyl sites for hydroxylation is 1. The van der Waals surface area contributed by atoms with Gasteiger partial charge in [0, 0.05) is 23.8 Å². The van der Waals surface area contributed by atoms with Crippen LogP contribution in [0.2, 0.25) is 0 Å². The Balaban J connectivity index is 2.48. The van der Waals surface area contributed by atoms with E-state index < -0.39 is 18.8 Å². The van der Waals surface area contributed by atoms with Gasteiger partial charge in [0.05, 0.1) is 6.20 Å². The summed E-state index contributed by atoms with van der Waals surface area (Å²) in [7, 11) is 0. The number of rotatable bonds is 4. The number of alkyl halides is 3. The van der Waals surface area contributed by atoms with Gasteiger partial charge in [-0.05, 0) is 13.8 Å². The van der Waals surface area contributed by atoms with Crippen LogP contribution < -0.4 is 5.32 Å². The molecule has 0 radical (unpaired) electrons. The summed E-state index contributed by atoms with van der Waals surface area (Å²) in [6.07, 6.45) is -5.38. The van der Waals surface area contributed by atoms with Crippen molar-refractivity contribution in [1.82, 2.24) is 15.5 Å². The van der Waals surface area contributed by atoms with E-state index in [0.717, 1.165) is 11.3 Å². The smallest absolute Gasteiger partial charge is 0.382 e. The zero-order valence-corrected chi connectivity index (χ0v) is 8.97. The number of nitrogens with one attached hydrogen (secondary N) is 2. The van der Waals surface area contributed by atoms with Crippen molar-refractivity contribution in [2.75, 3.05) is 6.54 Å². The van der Waals surface area contributed by atoms with Gasteiger partial charge < -0.3 is 10.4 Å². The molecule has 0 bridgehead atoms. The van der Waals surface area contributed by atoms with E-state index in [-0.39, 0.29) is 6.04 Å². The number of aliphatic hydroxyl groups excluding tert-OH is 1. The molecule has 2 atom stereocenters. The lowest BCUT2D eigenvalue weighted by molar-refractivity contribution is -0.202. The number of H-pyrrole nitrogens is 1. The van der Waals surface area contributed by atoms with E-state index in [2.05, 4.69) is 15.5 Å². The maximum Gasteiger partial charge on any atom is 0.415 e. The van der Waals surface area contributed by atoms with E-state index in [1.165, 1.54) is 0 Å². The predicted octanol–water partition coefficient (Wildman–Crippen LogP) is 1.29. The van der Waals surface area contributed by atoms with Crippen molar-refractivity contribution in [3.63, 3.8) is 0 Å². The Kier molecular flexibility index (Phi) is 3.93. The summed E-state index contributed by atoms with van der Waals surface area (Å²) in [6.45, 7) is 2.96. The number of aliphatic hydroxyl groups is 1. The minimum Gasteiger partial charge on any atom is -0.382 e. The molecule has 92 valence electrons. The highest BCUT2D eigenvalue weighted by molar-refractivity contribution is 5.18. The summed E-state index contributed by atoms with van der Waals surface area (Å²) in [4.78, 5) is 0. The van der Waals surface area contributed by atoms with E-state index in [0.29, 0.717) is 0 Å². The van der Waals surface area contributed by atoms with Gasteiger partial charge in [0.15, 0.2) is 6.10 Å². The first-order chi connectivity index (χ1) is 7.32. The Morgan fingerprint density at radius 2 is 2.19 bits per heavy atom. The van der Waals surface area contributed by atoms with E-state index in [1.807, 2.05) is 0 Å². The lowest BCUT2D eigenvalue weighted by Crippen LogP contribution is -2.39. The zero-order valence-electron chi connectivity index (χ0n) is 8.97. The predicted molar refractivity (Wildman–Crippen MR) is 51.8 cm³/mol. The van der Waals surface area contributed by atoms with E-state index in [9.17, 15) is 13.2 Å². The fourth-order valence-electron chi connectivity index (χ4n) is 1.31. The second-order valence-electron chi connectivity index (χ2n) is 3.64. The molecule has 1 heterocycles. The summed E-state index contributed by atoms with van der Waals surface area (Å²) in [5, 5.41) is 17.9. The van der Waals surface area contributed by atoms with Crippen LogP contribution in [0.1, 0.15) is 24.2 Å². The third-order valence-electron chi connectivity index (χ3n) is 2.33. The standard InChI is InChI=1S/C9H14F3N3O/c1-5(7-3-14-15-6(7)2)13-4-8(16)9(10,11)12/h3,5,8,13,16H,4H2,1-2H3,(H,14,15). The van der Waals surface area contributed by atoms with Crippen LogP contribution in [0.5, 0.6) is 0 Å². The Labute approximate surface area is 90.9 Å². The molecular weight excluding hydrogens is 223 g/mol. The van der Waals surface area contributed by atoms with Crippen LogP contribution in [0.3, 0.4) is 0 Å². The fourth-order valence-corrected chi connectivity index (χ4v) is 1.31. The number of hydrogen-bond acceptors (Lipinski definition) is 3. The molecule has 7 heteroatoms. The lowest BCUT2D eigenvalue weighted by atomic mass is 10.1. The SMILES string of the molecule is Cc1[nH]ncc1C(C)NCC(O)C(F)(F)F. The van der Waals surface area contributed by atoms with Gasteiger partial charge in [-0.2, -0.15) is 18.3 Å². The maximum absolute atomic E-state index is 12.0. The van der Waals surface area contributed by atoms with Crippen molar-refractivity contribution in [3.05, 3.63) is 17.5 Å². The number of aromatic amines is 1. The van der Waals surface area contributed by atoms with Gasteiger partial charge in [-0.25, -0.2) is 0 Å². The van der Waals surface area contributed by atoms with Crippen molar-refractivity contribution in [1.29, 1.82) is 0 Å². The topological polar surface area (TPSA) is 60.9 Å². The Bertz CT molecular complexity index is 337. The highest BCUT2D eigenvalue weighted by Gasteiger charge is 2.37. The monoisotopic (exact) mass is 237 g/mol. The fraction of sp³-hybridized carbons (Fsp3) is 0.667. The van der Waals surface area contributed by atoms with Gasteiger partial charge in [0.2, 0.25) is 0 Å². The van der Waals surface area contributed by atoms with Gasteiger partial charge in [-0.1, -0.05) is 0 Å². The summed E-state index contributed by atoms with van der Waals surface area (Å²) >= 11 is 0. The molecule has 4 nitrogen and oxygen atoms in total. The van der Waals surface area contributed by atoms with Gasteiger partial charge in [-0.3, -0.25) is 5.10 Å². The molecule has 1 aromatic rings. The molecule has 1 aromatic heterocycles. The third kappa shape index (κ3) is 3.21.